The van der Waals surface area contributed by atoms with E-state index in [1.54, 1.807) is 6.07 Å². The van der Waals surface area contributed by atoms with Crippen molar-refractivity contribution in [2.24, 2.45) is 11.7 Å². The van der Waals surface area contributed by atoms with Crippen molar-refractivity contribution in [1.82, 2.24) is 0 Å². The van der Waals surface area contributed by atoms with Gasteiger partial charge in [-0.05, 0) is 30.5 Å². The van der Waals surface area contributed by atoms with Crippen LogP contribution in [0.3, 0.4) is 0 Å². The standard InChI is InChI=1S/C11H13FN2O/c1-6-2-3-9(12)10-8(6)4-7(5-13)11(15)14-10/h2-3,7H,4-5,13H2,1H3,(H,14,15). The van der Waals surface area contributed by atoms with E-state index in [1.165, 1.54) is 6.07 Å². The summed E-state index contributed by atoms with van der Waals surface area (Å²) in [6.07, 6.45) is 0.529. The first-order chi connectivity index (χ1) is 7.13. The number of anilines is 1. The van der Waals surface area contributed by atoms with Gasteiger partial charge in [0.05, 0.1) is 11.6 Å². The number of nitrogens with one attached hydrogen (secondary N) is 1. The Morgan fingerprint density at radius 3 is 3.00 bits per heavy atom. The lowest BCUT2D eigenvalue weighted by atomic mass is 9.90. The van der Waals surface area contributed by atoms with Crippen LogP contribution < -0.4 is 11.1 Å². The van der Waals surface area contributed by atoms with Gasteiger partial charge in [0.2, 0.25) is 5.91 Å². The van der Waals surface area contributed by atoms with Crippen molar-refractivity contribution in [1.29, 1.82) is 0 Å². The molecule has 3 N–H and O–H groups in total. The van der Waals surface area contributed by atoms with Crippen molar-refractivity contribution in [2.75, 3.05) is 11.9 Å². The molecule has 0 aromatic heterocycles. The maximum absolute atomic E-state index is 13.4. The summed E-state index contributed by atoms with van der Waals surface area (Å²) in [4.78, 5) is 11.5. The summed E-state index contributed by atoms with van der Waals surface area (Å²) in [5.74, 6) is -0.799. The number of hydrogen-bond acceptors (Lipinski definition) is 2. The van der Waals surface area contributed by atoms with Crippen molar-refractivity contribution in [3.63, 3.8) is 0 Å². The Hall–Kier alpha value is -1.42. The van der Waals surface area contributed by atoms with Crippen LogP contribution in [-0.2, 0) is 11.2 Å². The van der Waals surface area contributed by atoms with Crippen LogP contribution in [0.25, 0.3) is 0 Å². The molecule has 1 atom stereocenters. The van der Waals surface area contributed by atoms with E-state index in [-0.39, 0.29) is 17.6 Å². The largest absolute Gasteiger partial charge is 0.330 e. The van der Waals surface area contributed by atoms with E-state index in [1.807, 2.05) is 6.92 Å². The van der Waals surface area contributed by atoms with E-state index >= 15 is 0 Å². The fraction of sp³-hybridized carbons (Fsp3) is 0.364. The first-order valence-corrected chi connectivity index (χ1v) is 4.92. The number of fused-ring (bicyclic) bond motifs is 1. The normalized spacial score (nSPS) is 19.7. The zero-order valence-corrected chi connectivity index (χ0v) is 8.51. The Morgan fingerprint density at radius 1 is 1.60 bits per heavy atom. The quantitative estimate of drug-likeness (QED) is 0.728. The number of rotatable bonds is 1. The van der Waals surface area contributed by atoms with Crippen LogP contribution in [0.2, 0.25) is 0 Å². The van der Waals surface area contributed by atoms with Crippen molar-refractivity contribution in [2.45, 2.75) is 13.3 Å². The van der Waals surface area contributed by atoms with Crippen molar-refractivity contribution in [3.05, 3.63) is 29.1 Å². The highest BCUT2D eigenvalue weighted by Gasteiger charge is 2.27. The monoisotopic (exact) mass is 208 g/mol. The second-order valence-electron chi connectivity index (χ2n) is 3.84. The van der Waals surface area contributed by atoms with E-state index in [2.05, 4.69) is 5.32 Å². The van der Waals surface area contributed by atoms with Gasteiger partial charge in [-0.25, -0.2) is 4.39 Å². The molecule has 0 spiro atoms. The molecule has 1 aliphatic rings. The molecule has 2 rings (SSSR count). The zero-order valence-electron chi connectivity index (χ0n) is 8.51. The van der Waals surface area contributed by atoms with Crippen LogP contribution in [0.1, 0.15) is 11.1 Å². The molecule has 3 nitrogen and oxygen atoms in total. The minimum atomic E-state index is -0.376. The first kappa shape index (κ1) is 10.1. The van der Waals surface area contributed by atoms with Crippen LogP contribution in [0, 0.1) is 18.7 Å². The van der Waals surface area contributed by atoms with Crippen molar-refractivity contribution in [3.8, 4) is 0 Å². The van der Waals surface area contributed by atoms with E-state index in [0.29, 0.717) is 18.7 Å². The molecule has 15 heavy (non-hydrogen) atoms. The molecule has 1 unspecified atom stereocenters. The van der Waals surface area contributed by atoms with Crippen LogP contribution in [0.4, 0.5) is 10.1 Å². The minimum absolute atomic E-state index is 0.186. The Balaban J connectivity index is 2.48. The van der Waals surface area contributed by atoms with E-state index in [4.69, 9.17) is 5.73 Å². The third-order valence-corrected chi connectivity index (χ3v) is 2.85. The summed E-state index contributed by atoms with van der Waals surface area (Å²) in [5.41, 5.74) is 7.66. The Kier molecular flexibility index (Phi) is 2.44. The van der Waals surface area contributed by atoms with Gasteiger partial charge in [-0.3, -0.25) is 4.79 Å². The number of carbonyl (C=O) groups excluding carboxylic acids is 1. The second kappa shape index (κ2) is 3.62. The SMILES string of the molecule is Cc1ccc(F)c2c1CC(CN)C(=O)N2. The van der Waals surface area contributed by atoms with E-state index in [9.17, 15) is 9.18 Å². The molecule has 0 aliphatic carbocycles. The van der Waals surface area contributed by atoms with E-state index < -0.39 is 0 Å². The minimum Gasteiger partial charge on any atom is -0.330 e. The average molecular weight is 208 g/mol. The van der Waals surface area contributed by atoms with Gasteiger partial charge < -0.3 is 11.1 Å². The van der Waals surface area contributed by atoms with Crippen LogP contribution in [0.15, 0.2) is 12.1 Å². The summed E-state index contributed by atoms with van der Waals surface area (Å²) >= 11 is 0. The molecule has 1 heterocycles. The summed E-state index contributed by atoms with van der Waals surface area (Å²) in [7, 11) is 0. The molecular formula is C11H13FN2O. The molecule has 4 heteroatoms. The number of nitrogens with two attached hydrogens (primary N) is 1. The molecule has 0 bridgehead atoms. The maximum Gasteiger partial charge on any atom is 0.229 e. The summed E-state index contributed by atoms with van der Waals surface area (Å²) in [5, 5.41) is 2.58. The lowest BCUT2D eigenvalue weighted by Crippen LogP contribution is -2.35. The molecule has 1 aromatic rings. The highest BCUT2D eigenvalue weighted by Crippen LogP contribution is 2.30. The number of benzene rings is 1. The predicted molar refractivity (Wildman–Crippen MR) is 56.0 cm³/mol. The Labute approximate surface area is 87.5 Å². The second-order valence-corrected chi connectivity index (χ2v) is 3.84. The van der Waals surface area contributed by atoms with Gasteiger partial charge in [0.15, 0.2) is 0 Å². The third-order valence-electron chi connectivity index (χ3n) is 2.85. The van der Waals surface area contributed by atoms with Crippen molar-refractivity contribution < 1.29 is 9.18 Å². The molecular weight excluding hydrogens is 195 g/mol. The lowest BCUT2D eigenvalue weighted by Gasteiger charge is -2.25. The molecule has 0 radical (unpaired) electrons. The van der Waals surface area contributed by atoms with Crippen molar-refractivity contribution >= 4 is 11.6 Å². The van der Waals surface area contributed by atoms with Gasteiger partial charge in [0, 0.05) is 6.54 Å². The fourth-order valence-electron chi connectivity index (χ4n) is 1.88. The first-order valence-electron chi connectivity index (χ1n) is 4.92. The van der Waals surface area contributed by atoms with Gasteiger partial charge in [-0.15, -0.1) is 0 Å². The zero-order chi connectivity index (χ0) is 11.0. The van der Waals surface area contributed by atoms with E-state index in [0.717, 1.165) is 11.1 Å². The molecule has 0 saturated carbocycles. The van der Waals surface area contributed by atoms with Gasteiger partial charge in [-0.2, -0.15) is 0 Å². The molecule has 1 aromatic carbocycles. The molecule has 1 amide bonds. The predicted octanol–water partition coefficient (Wildman–Crippen LogP) is 1.20. The van der Waals surface area contributed by atoms with Gasteiger partial charge in [-0.1, -0.05) is 6.07 Å². The number of halogens is 1. The molecule has 80 valence electrons. The highest BCUT2D eigenvalue weighted by molar-refractivity contribution is 5.96. The van der Waals surface area contributed by atoms with Gasteiger partial charge in [0.1, 0.15) is 5.82 Å². The number of carbonyl (C=O) groups is 1. The smallest absolute Gasteiger partial charge is 0.229 e. The lowest BCUT2D eigenvalue weighted by molar-refractivity contribution is -0.119. The topological polar surface area (TPSA) is 55.1 Å². The number of hydrogen-bond donors (Lipinski definition) is 2. The molecule has 0 fully saturated rings. The summed E-state index contributed by atoms with van der Waals surface area (Å²) < 4.78 is 13.4. The Bertz CT molecular complexity index is 417. The van der Waals surface area contributed by atoms with Crippen LogP contribution in [0.5, 0.6) is 0 Å². The summed E-state index contributed by atoms with van der Waals surface area (Å²) in [6.45, 7) is 2.20. The van der Waals surface area contributed by atoms with Gasteiger partial charge in [0.25, 0.3) is 0 Å². The number of amides is 1. The maximum atomic E-state index is 13.4. The Morgan fingerprint density at radius 2 is 2.33 bits per heavy atom. The molecule has 1 aliphatic heterocycles. The van der Waals surface area contributed by atoms with Crippen LogP contribution >= 0.6 is 0 Å². The fourth-order valence-corrected chi connectivity index (χ4v) is 1.88. The molecule has 0 saturated heterocycles. The average Bonchev–Trinajstić information content (AvgIpc) is 2.23. The van der Waals surface area contributed by atoms with Gasteiger partial charge >= 0.3 is 0 Å². The summed E-state index contributed by atoms with van der Waals surface area (Å²) in [6, 6.07) is 3.09. The highest BCUT2D eigenvalue weighted by atomic mass is 19.1. The van der Waals surface area contributed by atoms with Crippen LogP contribution in [-0.4, -0.2) is 12.5 Å². The number of aryl methyl sites for hydroxylation is 1. The third kappa shape index (κ3) is 1.61.